The largest absolute Gasteiger partial charge is 0.496 e. The second-order valence-electron chi connectivity index (χ2n) is 3.93. The molecule has 0 aliphatic rings. The number of aromatic nitrogens is 3. The molecule has 4 nitrogen and oxygen atoms in total. The quantitative estimate of drug-likeness (QED) is 0.530. The monoisotopic (exact) mass is 477 g/mol. The van der Waals surface area contributed by atoms with E-state index in [4.69, 9.17) is 4.74 Å². The maximum absolute atomic E-state index is 5.27. The van der Waals surface area contributed by atoms with E-state index in [9.17, 15) is 0 Å². The normalized spacial score (nSPS) is 10.9. The van der Waals surface area contributed by atoms with Crippen molar-refractivity contribution in [3.8, 4) is 11.4 Å². The molecule has 6 heteroatoms. The van der Waals surface area contributed by atoms with Crippen LogP contribution < -0.4 is 4.74 Å². The summed E-state index contributed by atoms with van der Waals surface area (Å²) in [6.45, 7) is 0. The van der Waals surface area contributed by atoms with E-state index in [1.807, 2.05) is 41.1 Å². The summed E-state index contributed by atoms with van der Waals surface area (Å²) in [5.74, 6) is 0.864. The Bertz CT molecular complexity index is 755. The minimum Gasteiger partial charge on any atom is -0.496 e. The van der Waals surface area contributed by atoms with Crippen LogP contribution in [-0.2, 0) is 0 Å². The summed E-state index contributed by atoms with van der Waals surface area (Å²) in [7, 11) is 1.67. The fourth-order valence-electron chi connectivity index (χ4n) is 1.89. The van der Waals surface area contributed by atoms with E-state index in [1.54, 1.807) is 7.11 Å². The summed E-state index contributed by atoms with van der Waals surface area (Å²) in [4.78, 5) is 0. The van der Waals surface area contributed by atoms with E-state index in [2.05, 4.69) is 55.5 Å². The zero-order chi connectivity index (χ0) is 13.4. The van der Waals surface area contributed by atoms with Crippen molar-refractivity contribution >= 4 is 56.2 Å². The van der Waals surface area contributed by atoms with Gasteiger partial charge in [0.1, 0.15) is 11.3 Å². The summed E-state index contributed by atoms with van der Waals surface area (Å²) in [6, 6.07) is 12.0. The molecule has 0 saturated heterocycles. The first-order chi connectivity index (χ1) is 9.20. The zero-order valence-corrected chi connectivity index (χ0v) is 14.3. The number of hydrogen-bond donors (Lipinski definition) is 0. The highest BCUT2D eigenvalue weighted by molar-refractivity contribution is 14.1. The Labute approximate surface area is 137 Å². The van der Waals surface area contributed by atoms with Gasteiger partial charge in [-0.15, -0.1) is 5.10 Å². The molecule has 0 spiro atoms. The predicted octanol–water partition coefficient (Wildman–Crippen LogP) is 3.64. The summed E-state index contributed by atoms with van der Waals surface area (Å²) in [5.41, 5.74) is 2.91. The smallest absolute Gasteiger partial charge is 0.132 e. The van der Waals surface area contributed by atoms with E-state index in [0.29, 0.717) is 0 Å². The molecule has 0 aliphatic heterocycles. The van der Waals surface area contributed by atoms with Gasteiger partial charge in [0.05, 0.1) is 21.9 Å². The topological polar surface area (TPSA) is 39.9 Å². The van der Waals surface area contributed by atoms with Crippen LogP contribution in [0.1, 0.15) is 0 Å². The minimum atomic E-state index is 0.864. The lowest BCUT2D eigenvalue weighted by Crippen LogP contribution is -1.98. The third kappa shape index (κ3) is 2.31. The van der Waals surface area contributed by atoms with Crippen molar-refractivity contribution in [2.24, 2.45) is 0 Å². The number of methoxy groups -OCH3 is 1. The molecule has 0 aliphatic carbocycles. The molecule has 1 heterocycles. The summed E-state index contributed by atoms with van der Waals surface area (Å²) in [6.07, 6.45) is 0. The van der Waals surface area contributed by atoms with Crippen molar-refractivity contribution < 1.29 is 4.74 Å². The molecule has 0 amide bonds. The first kappa shape index (κ1) is 13.1. The predicted molar refractivity (Wildman–Crippen MR) is 90.9 cm³/mol. The Balaban J connectivity index is 2.19. The van der Waals surface area contributed by atoms with Gasteiger partial charge in [-0.25, -0.2) is 4.68 Å². The fourth-order valence-corrected chi connectivity index (χ4v) is 3.20. The molecule has 0 fully saturated rings. The van der Waals surface area contributed by atoms with Crippen LogP contribution in [0.4, 0.5) is 0 Å². The number of hydrogen-bond acceptors (Lipinski definition) is 3. The molecular weight excluding hydrogens is 468 g/mol. The average molecular weight is 477 g/mol. The molecular formula is C13H9I2N3O. The maximum atomic E-state index is 5.27. The molecule has 0 saturated carbocycles. The minimum absolute atomic E-state index is 0.864. The lowest BCUT2D eigenvalue weighted by Gasteiger charge is -2.06. The van der Waals surface area contributed by atoms with Crippen molar-refractivity contribution in [3.63, 3.8) is 0 Å². The lowest BCUT2D eigenvalue weighted by molar-refractivity contribution is 0.411. The number of fused-ring (bicyclic) bond motifs is 1. The molecule has 3 rings (SSSR count). The van der Waals surface area contributed by atoms with Gasteiger partial charge >= 0.3 is 0 Å². The standard InChI is InChI=1S/C13H9I2N3O/c1-19-12-6-5-8(7-10(12)15)18-11-4-2-3-9(14)13(11)16-17-18/h2-7H,1H3. The second kappa shape index (κ2) is 5.23. The molecule has 0 atom stereocenters. The van der Waals surface area contributed by atoms with Crippen LogP contribution in [0.2, 0.25) is 0 Å². The Kier molecular flexibility index (Phi) is 3.61. The molecule has 1 aromatic heterocycles. The number of rotatable bonds is 2. The second-order valence-corrected chi connectivity index (χ2v) is 6.25. The number of nitrogens with zero attached hydrogens (tertiary/aromatic N) is 3. The first-order valence-electron chi connectivity index (χ1n) is 5.54. The highest BCUT2D eigenvalue weighted by Gasteiger charge is 2.10. The van der Waals surface area contributed by atoms with Crippen LogP contribution in [0.3, 0.4) is 0 Å². The Morgan fingerprint density at radius 1 is 1.11 bits per heavy atom. The van der Waals surface area contributed by atoms with Crippen molar-refractivity contribution in [3.05, 3.63) is 43.5 Å². The average Bonchev–Trinajstić information content (AvgIpc) is 2.84. The van der Waals surface area contributed by atoms with Gasteiger partial charge in [0.25, 0.3) is 0 Å². The van der Waals surface area contributed by atoms with Gasteiger partial charge in [-0.05, 0) is 75.5 Å². The van der Waals surface area contributed by atoms with Crippen LogP contribution in [0.25, 0.3) is 16.7 Å². The summed E-state index contributed by atoms with van der Waals surface area (Å²) in [5, 5.41) is 8.48. The number of ether oxygens (including phenoxy) is 1. The van der Waals surface area contributed by atoms with Crippen LogP contribution >= 0.6 is 45.2 Å². The first-order valence-corrected chi connectivity index (χ1v) is 7.70. The highest BCUT2D eigenvalue weighted by atomic mass is 127. The van der Waals surface area contributed by atoms with Crippen LogP contribution in [-0.4, -0.2) is 22.1 Å². The van der Waals surface area contributed by atoms with Gasteiger partial charge < -0.3 is 4.74 Å². The van der Waals surface area contributed by atoms with Gasteiger partial charge in [-0.2, -0.15) is 0 Å². The van der Waals surface area contributed by atoms with Crippen LogP contribution in [0, 0.1) is 7.14 Å². The van der Waals surface area contributed by atoms with E-state index in [1.165, 1.54) is 0 Å². The molecule has 3 aromatic rings. The van der Waals surface area contributed by atoms with Gasteiger partial charge in [0.15, 0.2) is 0 Å². The molecule has 0 N–H and O–H groups in total. The van der Waals surface area contributed by atoms with Crippen molar-refractivity contribution in [1.82, 2.24) is 15.0 Å². The van der Waals surface area contributed by atoms with E-state index < -0.39 is 0 Å². The molecule has 2 aromatic carbocycles. The van der Waals surface area contributed by atoms with E-state index in [-0.39, 0.29) is 0 Å². The van der Waals surface area contributed by atoms with Crippen LogP contribution in [0.15, 0.2) is 36.4 Å². The Morgan fingerprint density at radius 3 is 2.68 bits per heavy atom. The van der Waals surface area contributed by atoms with Gasteiger partial charge in [-0.3, -0.25) is 0 Å². The van der Waals surface area contributed by atoms with Crippen molar-refractivity contribution in [2.45, 2.75) is 0 Å². The van der Waals surface area contributed by atoms with Crippen LogP contribution in [0.5, 0.6) is 5.75 Å². The summed E-state index contributed by atoms with van der Waals surface area (Å²) >= 11 is 4.52. The Hall–Kier alpha value is -0.900. The lowest BCUT2D eigenvalue weighted by atomic mass is 10.2. The number of benzene rings is 2. The zero-order valence-electron chi connectivity index (χ0n) is 9.97. The fraction of sp³-hybridized carbons (Fsp3) is 0.0769. The highest BCUT2D eigenvalue weighted by Crippen LogP contribution is 2.26. The molecule has 0 bridgehead atoms. The Morgan fingerprint density at radius 2 is 1.95 bits per heavy atom. The van der Waals surface area contributed by atoms with Gasteiger partial charge in [-0.1, -0.05) is 11.3 Å². The van der Waals surface area contributed by atoms with Gasteiger partial charge in [0, 0.05) is 3.57 Å². The maximum Gasteiger partial charge on any atom is 0.132 e. The van der Waals surface area contributed by atoms with E-state index >= 15 is 0 Å². The third-order valence-electron chi connectivity index (χ3n) is 2.81. The molecule has 0 unspecified atom stereocenters. The molecule has 19 heavy (non-hydrogen) atoms. The molecule has 0 radical (unpaired) electrons. The molecule has 96 valence electrons. The number of halogens is 2. The van der Waals surface area contributed by atoms with Crippen molar-refractivity contribution in [1.29, 1.82) is 0 Å². The van der Waals surface area contributed by atoms with Gasteiger partial charge in [0.2, 0.25) is 0 Å². The third-order valence-corrected chi connectivity index (χ3v) is 4.52. The van der Waals surface area contributed by atoms with Crippen molar-refractivity contribution in [2.75, 3.05) is 7.11 Å². The summed E-state index contributed by atoms with van der Waals surface area (Å²) < 4.78 is 9.27. The van der Waals surface area contributed by atoms with E-state index in [0.717, 1.165) is 29.6 Å². The SMILES string of the molecule is COc1ccc(-n2nnc3c(I)cccc32)cc1I.